The van der Waals surface area contributed by atoms with Gasteiger partial charge in [-0.05, 0) is 48.4 Å². The molecular weight excluding hydrogens is 382 g/mol. The molecule has 0 unspecified atom stereocenters. The Morgan fingerprint density at radius 3 is 2.17 bits per heavy atom. The van der Waals surface area contributed by atoms with Crippen LogP contribution in [0, 0.1) is 0 Å². The molecule has 0 atom stereocenters. The molecule has 4 rings (SSSR count). The highest BCUT2D eigenvalue weighted by molar-refractivity contribution is 7.14. The van der Waals surface area contributed by atoms with Crippen molar-refractivity contribution < 1.29 is 14.3 Å². The lowest BCUT2D eigenvalue weighted by molar-refractivity contribution is -0.124. The second kappa shape index (κ2) is 9.05. The molecule has 0 spiro atoms. The zero-order valence-corrected chi connectivity index (χ0v) is 16.9. The average Bonchev–Trinajstić information content (AvgIpc) is 3.21. The smallest absolute Gasteiger partial charge is 0.348 e. The van der Waals surface area contributed by atoms with Crippen molar-refractivity contribution in [1.82, 2.24) is 5.32 Å². The third kappa shape index (κ3) is 4.74. The zero-order valence-electron chi connectivity index (χ0n) is 16.1. The summed E-state index contributed by atoms with van der Waals surface area (Å²) in [7, 11) is 0. The van der Waals surface area contributed by atoms with Gasteiger partial charge in [0.2, 0.25) is 0 Å². The minimum Gasteiger partial charge on any atom is -0.451 e. The van der Waals surface area contributed by atoms with Gasteiger partial charge in [0.1, 0.15) is 4.88 Å². The molecule has 0 aliphatic heterocycles. The molecule has 0 radical (unpaired) electrons. The van der Waals surface area contributed by atoms with Crippen molar-refractivity contribution in [2.75, 3.05) is 6.61 Å². The molecule has 1 aliphatic rings. The van der Waals surface area contributed by atoms with Gasteiger partial charge in [-0.15, -0.1) is 11.3 Å². The van der Waals surface area contributed by atoms with Gasteiger partial charge in [0, 0.05) is 4.88 Å². The number of amides is 1. The van der Waals surface area contributed by atoms with Crippen LogP contribution in [0.4, 0.5) is 0 Å². The predicted molar refractivity (Wildman–Crippen MR) is 114 cm³/mol. The molecule has 3 aromatic rings. The largest absolute Gasteiger partial charge is 0.451 e. The van der Waals surface area contributed by atoms with Crippen molar-refractivity contribution >= 4 is 23.2 Å². The summed E-state index contributed by atoms with van der Waals surface area (Å²) in [5.74, 6) is -0.743. The van der Waals surface area contributed by atoms with E-state index in [1.54, 1.807) is 0 Å². The topological polar surface area (TPSA) is 55.4 Å². The number of fused-ring (bicyclic) bond motifs is 1. The molecule has 1 heterocycles. The van der Waals surface area contributed by atoms with Gasteiger partial charge in [0.05, 0.1) is 6.04 Å². The summed E-state index contributed by atoms with van der Waals surface area (Å²) in [4.78, 5) is 26.8. The van der Waals surface area contributed by atoms with Crippen LogP contribution >= 0.6 is 11.3 Å². The number of carbonyl (C=O) groups excluding carboxylic acids is 2. The van der Waals surface area contributed by atoms with Crippen LogP contribution in [0.2, 0.25) is 0 Å². The first-order valence-corrected chi connectivity index (χ1v) is 10.7. The van der Waals surface area contributed by atoms with Crippen molar-refractivity contribution in [3.05, 3.63) is 93.2 Å². The van der Waals surface area contributed by atoms with E-state index in [0.29, 0.717) is 4.88 Å². The number of thiophene rings is 1. The Balaban J connectivity index is 1.40. The highest BCUT2D eigenvalue weighted by atomic mass is 32.1. The molecule has 5 heteroatoms. The normalized spacial score (nSPS) is 13.0. The number of rotatable bonds is 6. The van der Waals surface area contributed by atoms with Crippen molar-refractivity contribution in [2.45, 2.75) is 31.7 Å². The molecule has 0 saturated carbocycles. The van der Waals surface area contributed by atoms with Crippen molar-refractivity contribution in [2.24, 2.45) is 0 Å². The molecule has 4 nitrogen and oxygen atoms in total. The summed E-state index contributed by atoms with van der Waals surface area (Å²) < 4.78 is 5.30. The first-order valence-electron chi connectivity index (χ1n) is 9.88. The highest BCUT2D eigenvalue weighted by Gasteiger charge is 2.20. The minimum absolute atomic E-state index is 0.294. The SMILES string of the molecule is O=C(COC(=O)c1cc2c(s1)CCCC2)NC(c1ccccc1)c1ccccc1. The number of hydrogen-bond donors (Lipinski definition) is 1. The molecule has 0 bridgehead atoms. The number of benzene rings is 2. The Bertz CT molecular complexity index is 919. The fraction of sp³-hybridized carbons (Fsp3) is 0.250. The van der Waals surface area contributed by atoms with Crippen molar-refractivity contribution in [3.8, 4) is 0 Å². The Morgan fingerprint density at radius 2 is 1.55 bits per heavy atom. The first-order chi connectivity index (χ1) is 14.2. The fourth-order valence-electron chi connectivity index (χ4n) is 3.65. The van der Waals surface area contributed by atoms with E-state index in [-0.39, 0.29) is 18.6 Å². The number of esters is 1. The van der Waals surface area contributed by atoms with E-state index < -0.39 is 5.97 Å². The lowest BCUT2D eigenvalue weighted by Gasteiger charge is -2.19. The summed E-state index contributed by atoms with van der Waals surface area (Å²) in [6, 6.07) is 21.2. The lowest BCUT2D eigenvalue weighted by atomic mass is 9.99. The van der Waals surface area contributed by atoms with E-state index in [4.69, 9.17) is 4.74 Å². The minimum atomic E-state index is -0.421. The molecule has 2 aromatic carbocycles. The van der Waals surface area contributed by atoms with Gasteiger partial charge in [0.25, 0.3) is 5.91 Å². The maximum Gasteiger partial charge on any atom is 0.348 e. The molecule has 0 saturated heterocycles. The summed E-state index contributed by atoms with van der Waals surface area (Å²) >= 11 is 1.50. The van der Waals surface area contributed by atoms with Crippen LogP contribution in [0.15, 0.2) is 66.7 Å². The fourth-order valence-corrected chi connectivity index (χ4v) is 4.79. The monoisotopic (exact) mass is 405 g/mol. The molecular formula is C24H23NO3S. The number of aryl methyl sites for hydroxylation is 2. The molecule has 1 aliphatic carbocycles. The van der Waals surface area contributed by atoms with E-state index in [0.717, 1.165) is 24.0 Å². The molecule has 1 aromatic heterocycles. The average molecular weight is 406 g/mol. The van der Waals surface area contributed by atoms with E-state index in [9.17, 15) is 9.59 Å². The van der Waals surface area contributed by atoms with E-state index in [2.05, 4.69) is 5.32 Å². The maximum absolute atomic E-state index is 12.5. The second-order valence-electron chi connectivity index (χ2n) is 7.16. The van der Waals surface area contributed by atoms with Gasteiger partial charge in [0.15, 0.2) is 6.61 Å². The Labute approximate surface area is 174 Å². The highest BCUT2D eigenvalue weighted by Crippen LogP contribution is 2.30. The van der Waals surface area contributed by atoms with Gasteiger partial charge in [-0.1, -0.05) is 60.7 Å². The van der Waals surface area contributed by atoms with Crippen molar-refractivity contribution in [3.63, 3.8) is 0 Å². The summed E-state index contributed by atoms with van der Waals surface area (Å²) in [6.07, 6.45) is 4.39. The van der Waals surface area contributed by atoms with Gasteiger partial charge >= 0.3 is 5.97 Å². The standard InChI is InChI=1S/C24H23NO3S/c26-22(16-28-24(27)21-15-19-13-7-8-14-20(19)29-21)25-23(17-9-3-1-4-10-17)18-11-5-2-6-12-18/h1-6,9-12,15,23H,7-8,13-14,16H2,(H,25,26). The maximum atomic E-state index is 12.5. The predicted octanol–water partition coefficient (Wildman–Crippen LogP) is 4.69. The molecule has 1 amide bonds. The summed E-state index contributed by atoms with van der Waals surface area (Å²) in [6.45, 7) is -0.294. The Kier molecular flexibility index (Phi) is 6.06. The van der Waals surface area contributed by atoms with Crippen LogP contribution in [-0.2, 0) is 22.4 Å². The Morgan fingerprint density at radius 1 is 0.931 bits per heavy atom. The van der Waals surface area contributed by atoms with Gasteiger partial charge in [-0.2, -0.15) is 0 Å². The molecule has 29 heavy (non-hydrogen) atoms. The van der Waals surface area contributed by atoms with Crippen LogP contribution in [0.1, 0.15) is 50.1 Å². The summed E-state index contributed by atoms with van der Waals surface area (Å²) in [5.41, 5.74) is 3.21. The number of hydrogen-bond acceptors (Lipinski definition) is 4. The van der Waals surface area contributed by atoms with Gasteiger partial charge < -0.3 is 10.1 Å². The summed E-state index contributed by atoms with van der Waals surface area (Å²) in [5, 5.41) is 2.99. The lowest BCUT2D eigenvalue weighted by Crippen LogP contribution is -2.33. The quantitative estimate of drug-likeness (QED) is 0.606. The number of ether oxygens (including phenoxy) is 1. The molecule has 1 N–H and O–H groups in total. The van der Waals surface area contributed by atoms with Crippen LogP contribution < -0.4 is 5.32 Å². The number of nitrogens with one attached hydrogen (secondary N) is 1. The van der Waals surface area contributed by atoms with Crippen LogP contribution in [0.5, 0.6) is 0 Å². The second-order valence-corrected chi connectivity index (χ2v) is 8.30. The number of carbonyl (C=O) groups is 2. The zero-order chi connectivity index (χ0) is 20.1. The van der Waals surface area contributed by atoms with E-state index >= 15 is 0 Å². The van der Waals surface area contributed by atoms with Gasteiger partial charge in [-0.3, -0.25) is 4.79 Å². The van der Waals surface area contributed by atoms with E-state index in [1.807, 2.05) is 66.7 Å². The van der Waals surface area contributed by atoms with Crippen LogP contribution in [0.3, 0.4) is 0 Å². The third-order valence-electron chi connectivity index (χ3n) is 5.10. The van der Waals surface area contributed by atoms with Gasteiger partial charge in [-0.25, -0.2) is 4.79 Å². The van der Waals surface area contributed by atoms with Crippen molar-refractivity contribution in [1.29, 1.82) is 0 Å². The first kappa shape index (κ1) is 19.4. The van der Waals surface area contributed by atoms with Crippen LogP contribution in [0.25, 0.3) is 0 Å². The van der Waals surface area contributed by atoms with Crippen LogP contribution in [-0.4, -0.2) is 18.5 Å². The third-order valence-corrected chi connectivity index (χ3v) is 6.32. The van der Waals surface area contributed by atoms with E-state index in [1.165, 1.54) is 34.6 Å². The molecule has 0 fully saturated rings. The molecule has 148 valence electrons. The Hall–Kier alpha value is -2.92.